The highest BCUT2D eigenvalue weighted by molar-refractivity contribution is 6.31. The van der Waals surface area contributed by atoms with Crippen molar-refractivity contribution in [3.63, 3.8) is 0 Å². The molecule has 0 radical (unpaired) electrons. The van der Waals surface area contributed by atoms with Crippen LogP contribution in [0.1, 0.15) is 16.1 Å². The Bertz CT molecular complexity index is 906. The van der Waals surface area contributed by atoms with E-state index in [4.69, 9.17) is 11.6 Å². The number of para-hydroxylation sites is 1. The smallest absolute Gasteiger partial charge is 0.274 e. The molecule has 3 rings (SSSR count). The predicted molar refractivity (Wildman–Crippen MR) is 90.7 cm³/mol. The second kappa shape index (κ2) is 7.03. The molecule has 1 heterocycles. The molecule has 1 aromatic heterocycles. The van der Waals surface area contributed by atoms with E-state index in [2.05, 4.69) is 5.10 Å². The largest absolute Gasteiger partial charge is 0.336 e. The van der Waals surface area contributed by atoms with Gasteiger partial charge in [-0.3, -0.25) is 4.79 Å². The SMILES string of the molecule is CN(Cc1c(F)cccc1Cl)C(=O)c1ccn(-c2ccccc2F)n1. The molecule has 1 amide bonds. The molecule has 4 nitrogen and oxygen atoms in total. The van der Waals surface area contributed by atoms with E-state index in [1.54, 1.807) is 24.3 Å². The minimum absolute atomic E-state index is 0.00308. The van der Waals surface area contributed by atoms with Gasteiger partial charge in [0.1, 0.15) is 17.3 Å². The minimum atomic E-state index is -0.482. The van der Waals surface area contributed by atoms with E-state index >= 15 is 0 Å². The molecule has 0 fully saturated rings. The molecule has 0 N–H and O–H groups in total. The highest BCUT2D eigenvalue weighted by Gasteiger charge is 2.18. The van der Waals surface area contributed by atoms with Crippen LogP contribution >= 0.6 is 11.6 Å². The van der Waals surface area contributed by atoms with Crippen molar-refractivity contribution in [1.29, 1.82) is 0 Å². The van der Waals surface area contributed by atoms with E-state index in [9.17, 15) is 13.6 Å². The molecule has 25 heavy (non-hydrogen) atoms. The summed E-state index contributed by atoms with van der Waals surface area (Å²) < 4.78 is 29.0. The summed E-state index contributed by atoms with van der Waals surface area (Å²) in [6, 6.07) is 11.9. The number of hydrogen-bond acceptors (Lipinski definition) is 2. The van der Waals surface area contributed by atoms with Gasteiger partial charge in [0.05, 0.1) is 6.54 Å². The Kier molecular flexibility index (Phi) is 4.81. The van der Waals surface area contributed by atoms with Crippen molar-refractivity contribution >= 4 is 17.5 Å². The number of carbonyl (C=O) groups is 1. The van der Waals surface area contributed by atoms with Crippen molar-refractivity contribution in [3.05, 3.63) is 82.6 Å². The summed E-state index contributed by atoms with van der Waals surface area (Å²) in [4.78, 5) is 13.8. The van der Waals surface area contributed by atoms with Crippen molar-refractivity contribution < 1.29 is 13.6 Å². The van der Waals surface area contributed by atoms with Crippen molar-refractivity contribution in [2.24, 2.45) is 0 Å². The molecule has 0 unspecified atom stereocenters. The van der Waals surface area contributed by atoms with Gasteiger partial charge in [0, 0.05) is 23.8 Å². The zero-order valence-electron chi connectivity index (χ0n) is 13.3. The zero-order valence-corrected chi connectivity index (χ0v) is 14.0. The summed E-state index contributed by atoms with van der Waals surface area (Å²) in [6.45, 7) is -0.00308. The molecule has 0 aliphatic rings. The fourth-order valence-corrected chi connectivity index (χ4v) is 2.62. The van der Waals surface area contributed by atoms with Gasteiger partial charge in [-0.15, -0.1) is 0 Å². The third-order valence-corrected chi connectivity index (χ3v) is 4.07. The summed E-state index contributed by atoms with van der Waals surface area (Å²) in [6.07, 6.45) is 1.50. The lowest BCUT2D eigenvalue weighted by atomic mass is 10.2. The van der Waals surface area contributed by atoms with Gasteiger partial charge in [-0.2, -0.15) is 5.10 Å². The quantitative estimate of drug-likeness (QED) is 0.702. The van der Waals surface area contributed by atoms with Crippen LogP contribution in [0.15, 0.2) is 54.7 Å². The van der Waals surface area contributed by atoms with Crippen molar-refractivity contribution in [2.45, 2.75) is 6.54 Å². The van der Waals surface area contributed by atoms with E-state index in [1.807, 2.05) is 0 Å². The van der Waals surface area contributed by atoms with Crippen LogP contribution in [0.4, 0.5) is 8.78 Å². The molecule has 0 bridgehead atoms. The highest BCUT2D eigenvalue weighted by Crippen LogP contribution is 2.21. The van der Waals surface area contributed by atoms with Crippen LogP contribution in [0.2, 0.25) is 5.02 Å². The fourth-order valence-electron chi connectivity index (χ4n) is 2.40. The van der Waals surface area contributed by atoms with E-state index in [0.717, 1.165) is 0 Å². The maximum Gasteiger partial charge on any atom is 0.274 e. The Balaban J connectivity index is 1.81. The number of benzene rings is 2. The first-order chi connectivity index (χ1) is 12.0. The maximum absolute atomic E-state index is 13.9. The first-order valence-corrected chi connectivity index (χ1v) is 7.84. The Hall–Kier alpha value is -2.73. The molecule has 0 saturated heterocycles. The molecule has 0 atom stereocenters. The van der Waals surface area contributed by atoms with Gasteiger partial charge in [-0.25, -0.2) is 13.5 Å². The summed E-state index contributed by atoms with van der Waals surface area (Å²) in [5.74, 6) is -1.35. The van der Waals surface area contributed by atoms with Crippen LogP contribution in [0, 0.1) is 11.6 Å². The third-order valence-electron chi connectivity index (χ3n) is 3.71. The molecule has 3 aromatic rings. The van der Waals surface area contributed by atoms with Crippen LogP contribution in [0.3, 0.4) is 0 Å². The third kappa shape index (κ3) is 3.53. The molecule has 7 heteroatoms. The van der Waals surface area contributed by atoms with Gasteiger partial charge in [-0.1, -0.05) is 29.8 Å². The number of hydrogen-bond donors (Lipinski definition) is 0. The number of amides is 1. The average molecular weight is 362 g/mol. The van der Waals surface area contributed by atoms with Gasteiger partial charge in [-0.05, 0) is 30.3 Å². The zero-order chi connectivity index (χ0) is 18.0. The Morgan fingerprint density at radius 3 is 2.56 bits per heavy atom. The molecule has 2 aromatic carbocycles. The molecular formula is C18H14ClF2N3O. The lowest BCUT2D eigenvalue weighted by molar-refractivity contribution is 0.0777. The average Bonchev–Trinajstić information content (AvgIpc) is 3.07. The van der Waals surface area contributed by atoms with Crippen molar-refractivity contribution in [3.8, 4) is 5.69 Å². The Morgan fingerprint density at radius 2 is 1.84 bits per heavy atom. The fraction of sp³-hybridized carbons (Fsp3) is 0.111. The maximum atomic E-state index is 13.9. The van der Waals surface area contributed by atoms with Gasteiger partial charge < -0.3 is 4.90 Å². The molecule has 0 aliphatic carbocycles. The first kappa shape index (κ1) is 17.1. The number of carbonyl (C=O) groups excluding carboxylic acids is 1. The van der Waals surface area contributed by atoms with Crippen LogP contribution in [-0.2, 0) is 6.54 Å². The number of rotatable bonds is 4. The predicted octanol–water partition coefficient (Wildman–Crippen LogP) is 4.08. The molecule has 0 aliphatic heterocycles. The summed E-state index contributed by atoms with van der Waals surface area (Å²) in [7, 11) is 1.52. The van der Waals surface area contributed by atoms with Gasteiger partial charge in [0.2, 0.25) is 0 Å². The normalized spacial score (nSPS) is 10.7. The van der Waals surface area contributed by atoms with E-state index in [0.29, 0.717) is 0 Å². The second-order valence-corrected chi connectivity index (χ2v) is 5.87. The minimum Gasteiger partial charge on any atom is -0.336 e. The van der Waals surface area contributed by atoms with Crippen molar-refractivity contribution in [1.82, 2.24) is 14.7 Å². The summed E-state index contributed by atoms with van der Waals surface area (Å²) in [5, 5.41) is 4.35. The topological polar surface area (TPSA) is 38.1 Å². The highest BCUT2D eigenvalue weighted by atomic mass is 35.5. The van der Waals surface area contributed by atoms with Crippen molar-refractivity contribution in [2.75, 3.05) is 7.05 Å². The monoisotopic (exact) mass is 361 g/mol. The summed E-state index contributed by atoms with van der Waals surface area (Å²) in [5.41, 5.74) is 0.591. The van der Waals surface area contributed by atoms with Crippen LogP contribution in [0.5, 0.6) is 0 Å². The second-order valence-electron chi connectivity index (χ2n) is 5.46. The van der Waals surface area contributed by atoms with Crippen LogP contribution in [-0.4, -0.2) is 27.6 Å². The Labute approximate surface area is 148 Å². The number of aromatic nitrogens is 2. The molecule has 0 spiro atoms. The standard InChI is InChI=1S/C18H14ClF2N3O/c1-23(11-12-13(19)5-4-7-14(12)20)18(25)16-9-10-24(22-16)17-8-3-2-6-15(17)21/h2-10H,11H2,1H3. The van der Waals surface area contributed by atoms with Crippen LogP contribution < -0.4 is 0 Å². The first-order valence-electron chi connectivity index (χ1n) is 7.46. The Morgan fingerprint density at radius 1 is 1.12 bits per heavy atom. The number of nitrogens with zero attached hydrogens (tertiary/aromatic N) is 3. The number of halogens is 3. The van der Waals surface area contributed by atoms with E-state index < -0.39 is 17.5 Å². The lowest BCUT2D eigenvalue weighted by Gasteiger charge is -2.17. The molecular weight excluding hydrogens is 348 g/mol. The lowest BCUT2D eigenvalue weighted by Crippen LogP contribution is -2.27. The van der Waals surface area contributed by atoms with Gasteiger partial charge >= 0.3 is 0 Å². The van der Waals surface area contributed by atoms with E-state index in [1.165, 1.54) is 47.1 Å². The van der Waals surface area contributed by atoms with Gasteiger partial charge in [0.25, 0.3) is 5.91 Å². The van der Waals surface area contributed by atoms with E-state index in [-0.39, 0.29) is 28.5 Å². The molecule has 0 saturated carbocycles. The van der Waals surface area contributed by atoms with Gasteiger partial charge in [0.15, 0.2) is 5.69 Å². The summed E-state index contributed by atoms with van der Waals surface area (Å²) >= 11 is 5.99. The molecule has 128 valence electrons. The van der Waals surface area contributed by atoms with Crippen LogP contribution in [0.25, 0.3) is 5.69 Å².